The van der Waals surface area contributed by atoms with Gasteiger partial charge in [-0.2, -0.15) is 0 Å². The van der Waals surface area contributed by atoms with Crippen LogP contribution in [-0.2, 0) is 0 Å². The van der Waals surface area contributed by atoms with Crippen LogP contribution in [0.25, 0.3) is 0 Å². The molecule has 2 unspecified atom stereocenters. The van der Waals surface area contributed by atoms with Crippen molar-refractivity contribution in [2.75, 3.05) is 0 Å². The largest absolute Gasteiger partial charge is 0.247 e. The molecule has 3 heteroatoms. The first-order valence-corrected chi connectivity index (χ1v) is 3.97. The van der Waals surface area contributed by atoms with Crippen LogP contribution in [0.4, 0.5) is 8.78 Å². The van der Waals surface area contributed by atoms with E-state index in [-0.39, 0.29) is 5.38 Å². The van der Waals surface area contributed by atoms with E-state index in [0.29, 0.717) is 12.8 Å². The van der Waals surface area contributed by atoms with Crippen molar-refractivity contribution in [2.45, 2.75) is 37.5 Å². The standard InChI is InChI=1S/C7H11ClF2/c1-4-6(9)2-5(8)3-7(4)10/h4-7H,2-3H2,1H3/t4-,5?,6-,7?/m0/s1. The number of halogens is 3. The van der Waals surface area contributed by atoms with Crippen molar-refractivity contribution in [1.29, 1.82) is 0 Å². The van der Waals surface area contributed by atoms with Gasteiger partial charge in [0.05, 0.1) is 0 Å². The normalized spacial score (nSPS) is 49.2. The fraction of sp³-hybridized carbons (Fsp3) is 1.00. The topological polar surface area (TPSA) is 0 Å². The molecule has 0 amide bonds. The third kappa shape index (κ3) is 1.60. The highest BCUT2D eigenvalue weighted by molar-refractivity contribution is 6.20. The summed E-state index contributed by atoms with van der Waals surface area (Å²) in [7, 11) is 0. The smallest absolute Gasteiger partial charge is 0.107 e. The van der Waals surface area contributed by atoms with Crippen molar-refractivity contribution < 1.29 is 8.78 Å². The second-order valence-electron chi connectivity index (χ2n) is 2.96. The first-order chi connectivity index (χ1) is 4.61. The Hall–Kier alpha value is 0.150. The highest BCUT2D eigenvalue weighted by Crippen LogP contribution is 2.31. The third-order valence-corrected chi connectivity index (χ3v) is 2.46. The third-order valence-electron chi connectivity index (χ3n) is 2.10. The van der Waals surface area contributed by atoms with Gasteiger partial charge in [-0.1, -0.05) is 6.92 Å². The summed E-state index contributed by atoms with van der Waals surface area (Å²) in [6.45, 7) is 1.60. The molecule has 1 fully saturated rings. The molecule has 0 aromatic carbocycles. The van der Waals surface area contributed by atoms with Crippen molar-refractivity contribution in [3.63, 3.8) is 0 Å². The summed E-state index contributed by atoms with van der Waals surface area (Å²) in [6, 6.07) is 0. The van der Waals surface area contributed by atoms with Crippen LogP contribution in [0.3, 0.4) is 0 Å². The van der Waals surface area contributed by atoms with Crippen molar-refractivity contribution in [3.05, 3.63) is 0 Å². The van der Waals surface area contributed by atoms with Gasteiger partial charge in [0.1, 0.15) is 12.3 Å². The fourth-order valence-electron chi connectivity index (χ4n) is 1.24. The molecule has 0 N–H and O–H groups in total. The van der Waals surface area contributed by atoms with Crippen molar-refractivity contribution >= 4 is 11.6 Å². The molecule has 0 saturated heterocycles. The molecule has 0 bridgehead atoms. The lowest BCUT2D eigenvalue weighted by Gasteiger charge is -2.29. The summed E-state index contributed by atoms with van der Waals surface area (Å²) in [5, 5.41) is -0.304. The van der Waals surface area contributed by atoms with Gasteiger partial charge in [-0.05, 0) is 12.8 Å². The van der Waals surface area contributed by atoms with E-state index in [1.54, 1.807) is 6.92 Å². The van der Waals surface area contributed by atoms with Gasteiger partial charge >= 0.3 is 0 Å². The first kappa shape index (κ1) is 8.25. The predicted molar refractivity (Wildman–Crippen MR) is 37.8 cm³/mol. The Bertz CT molecular complexity index is 106. The van der Waals surface area contributed by atoms with Crippen LogP contribution >= 0.6 is 11.6 Å². The van der Waals surface area contributed by atoms with Crippen LogP contribution in [0.1, 0.15) is 19.8 Å². The SMILES string of the molecule is C[C@@H]1C(F)CC(Cl)C[C@@H]1F. The molecule has 0 aliphatic heterocycles. The molecular weight excluding hydrogens is 158 g/mol. The molecule has 0 heterocycles. The van der Waals surface area contributed by atoms with Crippen LogP contribution in [0.15, 0.2) is 0 Å². The minimum absolute atomic E-state index is 0.304. The Labute approximate surface area is 64.6 Å². The molecule has 1 saturated carbocycles. The van der Waals surface area contributed by atoms with Crippen LogP contribution in [0, 0.1) is 5.92 Å². The summed E-state index contributed by atoms with van der Waals surface area (Å²) in [6.07, 6.45) is -1.48. The zero-order chi connectivity index (χ0) is 7.72. The van der Waals surface area contributed by atoms with Crippen LogP contribution in [0.5, 0.6) is 0 Å². The predicted octanol–water partition coefficient (Wildman–Crippen LogP) is 2.70. The molecule has 4 atom stereocenters. The summed E-state index contributed by atoms with van der Waals surface area (Å²) in [4.78, 5) is 0. The van der Waals surface area contributed by atoms with Gasteiger partial charge in [-0.3, -0.25) is 0 Å². The van der Waals surface area contributed by atoms with E-state index >= 15 is 0 Å². The first-order valence-electron chi connectivity index (χ1n) is 3.53. The van der Waals surface area contributed by atoms with Gasteiger partial charge in [0.15, 0.2) is 0 Å². The molecule has 10 heavy (non-hydrogen) atoms. The molecular formula is C7H11ClF2. The molecule has 0 aromatic rings. The lowest BCUT2D eigenvalue weighted by Crippen LogP contribution is -2.33. The zero-order valence-corrected chi connectivity index (χ0v) is 6.61. The van der Waals surface area contributed by atoms with Gasteiger partial charge in [-0.25, -0.2) is 8.78 Å². The quantitative estimate of drug-likeness (QED) is 0.488. The molecule has 0 spiro atoms. The molecule has 1 aliphatic carbocycles. The highest BCUT2D eigenvalue weighted by atomic mass is 35.5. The second kappa shape index (κ2) is 3.04. The van der Waals surface area contributed by atoms with Gasteiger partial charge in [0, 0.05) is 11.3 Å². The molecule has 0 radical (unpaired) electrons. The Balaban J connectivity index is 2.49. The highest BCUT2D eigenvalue weighted by Gasteiger charge is 2.34. The van der Waals surface area contributed by atoms with Crippen molar-refractivity contribution in [3.8, 4) is 0 Å². The van der Waals surface area contributed by atoms with Crippen LogP contribution in [0.2, 0.25) is 0 Å². The minimum atomic E-state index is -1.05. The fourth-order valence-corrected chi connectivity index (χ4v) is 1.58. The van der Waals surface area contributed by atoms with E-state index < -0.39 is 18.3 Å². The molecule has 0 aromatic heterocycles. The Morgan fingerprint density at radius 2 is 1.60 bits per heavy atom. The summed E-state index contributed by atoms with van der Waals surface area (Å²) < 4.78 is 25.5. The van der Waals surface area contributed by atoms with E-state index in [9.17, 15) is 8.78 Å². The Morgan fingerprint density at radius 1 is 1.20 bits per heavy atom. The Kier molecular flexibility index (Phi) is 2.50. The average Bonchev–Trinajstić information content (AvgIpc) is 1.82. The van der Waals surface area contributed by atoms with Gasteiger partial charge in [0.2, 0.25) is 0 Å². The van der Waals surface area contributed by atoms with Crippen LogP contribution in [-0.4, -0.2) is 17.7 Å². The second-order valence-corrected chi connectivity index (χ2v) is 3.58. The maximum Gasteiger partial charge on any atom is 0.107 e. The monoisotopic (exact) mass is 168 g/mol. The van der Waals surface area contributed by atoms with Gasteiger partial charge < -0.3 is 0 Å². The lowest BCUT2D eigenvalue weighted by molar-refractivity contribution is 0.0906. The lowest BCUT2D eigenvalue weighted by atomic mass is 9.87. The molecule has 0 nitrogen and oxygen atoms in total. The maximum absolute atomic E-state index is 12.8. The summed E-state index contributed by atoms with van der Waals surface area (Å²) >= 11 is 5.59. The van der Waals surface area contributed by atoms with E-state index in [2.05, 4.69) is 0 Å². The summed E-state index contributed by atoms with van der Waals surface area (Å²) in [5.74, 6) is -0.463. The van der Waals surface area contributed by atoms with E-state index in [0.717, 1.165) is 0 Å². The minimum Gasteiger partial charge on any atom is -0.247 e. The number of hydrogen-bond donors (Lipinski definition) is 0. The molecule has 60 valence electrons. The number of rotatable bonds is 0. The van der Waals surface area contributed by atoms with E-state index in [4.69, 9.17) is 11.6 Å². The van der Waals surface area contributed by atoms with E-state index in [1.165, 1.54) is 0 Å². The summed E-state index contributed by atoms with van der Waals surface area (Å²) in [5.41, 5.74) is 0. The van der Waals surface area contributed by atoms with Crippen LogP contribution < -0.4 is 0 Å². The maximum atomic E-state index is 12.8. The van der Waals surface area contributed by atoms with E-state index in [1.807, 2.05) is 0 Å². The molecule has 1 rings (SSSR count). The van der Waals surface area contributed by atoms with Crippen molar-refractivity contribution in [1.82, 2.24) is 0 Å². The average molecular weight is 169 g/mol. The zero-order valence-electron chi connectivity index (χ0n) is 5.86. The van der Waals surface area contributed by atoms with Gasteiger partial charge in [0.25, 0.3) is 0 Å². The van der Waals surface area contributed by atoms with Crippen molar-refractivity contribution in [2.24, 2.45) is 5.92 Å². The number of hydrogen-bond acceptors (Lipinski definition) is 0. The molecule has 1 aliphatic rings. The Morgan fingerprint density at radius 3 is 2.00 bits per heavy atom. The van der Waals surface area contributed by atoms with Gasteiger partial charge in [-0.15, -0.1) is 11.6 Å². The number of alkyl halides is 3.